The highest BCUT2D eigenvalue weighted by Gasteiger charge is 2.32. The van der Waals surface area contributed by atoms with E-state index in [4.69, 9.17) is 5.73 Å². The maximum absolute atomic E-state index is 12.1. The Hall–Kier alpha value is -1.24. The number of rotatable bonds is 3. The van der Waals surface area contributed by atoms with Crippen molar-refractivity contribution in [3.63, 3.8) is 0 Å². The molecule has 0 spiro atoms. The molecule has 0 radical (unpaired) electrons. The Morgan fingerprint density at radius 1 is 1.30 bits per heavy atom. The van der Waals surface area contributed by atoms with Crippen LogP contribution in [0.5, 0.6) is 5.75 Å². The quantitative estimate of drug-likeness (QED) is 0.643. The van der Waals surface area contributed by atoms with Gasteiger partial charge in [0.1, 0.15) is 11.6 Å². The Morgan fingerprint density at radius 2 is 1.95 bits per heavy atom. The van der Waals surface area contributed by atoms with Crippen LogP contribution in [0.4, 0.5) is 18.9 Å². The molecule has 0 bridgehead atoms. The molecule has 0 aromatic heterocycles. The summed E-state index contributed by atoms with van der Waals surface area (Å²) in [6.45, 7) is 0. The van der Waals surface area contributed by atoms with Crippen LogP contribution in [0.25, 0.3) is 0 Å². The van der Waals surface area contributed by atoms with Crippen molar-refractivity contribution in [2.24, 2.45) is 16.6 Å². The molecule has 0 saturated heterocycles. The maximum Gasteiger partial charge on any atom is 0.573 e. The molecule has 7 heteroatoms. The number of nitrogens with two attached hydrogens (primary N) is 1. The minimum absolute atomic E-state index is 0.190. The lowest BCUT2D eigenvalue weighted by Gasteiger charge is -2.11. The molecule has 1 saturated carbocycles. The number of nitrogens with zero attached hydrogens (tertiary/aromatic N) is 1. The van der Waals surface area contributed by atoms with Crippen LogP contribution < -0.4 is 10.5 Å². The van der Waals surface area contributed by atoms with Crippen molar-refractivity contribution in [3.05, 3.63) is 22.7 Å². The summed E-state index contributed by atoms with van der Waals surface area (Å²) in [6.07, 6.45) is -0.389. The number of hydrogen-bond acceptors (Lipinski definition) is 2. The first-order valence-electron chi connectivity index (χ1n) is 6.24. The van der Waals surface area contributed by atoms with Crippen molar-refractivity contribution in [3.8, 4) is 5.75 Å². The average Bonchev–Trinajstić information content (AvgIpc) is 2.85. The molecule has 0 unspecified atom stereocenters. The molecular formula is C13H14BrF3N2O. The van der Waals surface area contributed by atoms with Gasteiger partial charge in [-0.05, 0) is 47.0 Å². The normalized spacial score (nSPS) is 17.5. The summed E-state index contributed by atoms with van der Waals surface area (Å²) < 4.78 is 40.5. The van der Waals surface area contributed by atoms with Gasteiger partial charge in [-0.2, -0.15) is 0 Å². The van der Waals surface area contributed by atoms with Crippen molar-refractivity contribution >= 4 is 27.5 Å². The van der Waals surface area contributed by atoms with E-state index in [1.807, 2.05) is 0 Å². The monoisotopic (exact) mass is 350 g/mol. The third-order valence-electron chi connectivity index (χ3n) is 3.17. The Morgan fingerprint density at radius 3 is 2.50 bits per heavy atom. The van der Waals surface area contributed by atoms with Crippen LogP contribution in [0.1, 0.15) is 25.7 Å². The third-order valence-corrected chi connectivity index (χ3v) is 3.79. The van der Waals surface area contributed by atoms with Crippen molar-refractivity contribution in [1.29, 1.82) is 0 Å². The Kier molecular flexibility index (Phi) is 4.57. The molecule has 2 N–H and O–H groups in total. The number of amidine groups is 1. The van der Waals surface area contributed by atoms with Gasteiger partial charge in [-0.3, -0.25) is 0 Å². The molecule has 1 aliphatic rings. The molecule has 3 nitrogen and oxygen atoms in total. The maximum atomic E-state index is 12.1. The van der Waals surface area contributed by atoms with Crippen LogP contribution in [0.2, 0.25) is 0 Å². The number of aliphatic imine (C=N–C) groups is 1. The van der Waals surface area contributed by atoms with E-state index in [2.05, 4.69) is 25.7 Å². The van der Waals surface area contributed by atoms with Gasteiger partial charge in [0.15, 0.2) is 0 Å². The first kappa shape index (κ1) is 15.2. The summed E-state index contributed by atoms with van der Waals surface area (Å²) >= 11 is 3.04. The van der Waals surface area contributed by atoms with Crippen molar-refractivity contribution in [1.82, 2.24) is 0 Å². The lowest BCUT2D eigenvalue weighted by Crippen LogP contribution is -2.20. The Labute approximate surface area is 123 Å². The summed E-state index contributed by atoms with van der Waals surface area (Å²) in [6, 6.07) is 4.13. The fraction of sp³-hybridized carbons (Fsp3) is 0.462. The molecule has 0 atom stereocenters. The summed E-state index contributed by atoms with van der Waals surface area (Å²) in [5.74, 6) is 0.523. The SMILES string of the molecule is NC(=Nc1ccc(OC(F)(F)F)c(Br)c1)C1CCCC1. The highest BCUT2D eigenvalue weighted by Crippen LogP contribution is 2.34. The number of halogens is 4. The molecular weight excluding hydrogens is 337 g/mol. The lowest BCUT2D eigenvalue weighted by molar-refractivity contribution is -0.274. The second kappa shape index (κ2) is 6.03. The van der Waals surface area contributed by atoms with Gasteiger partial charge in [-0.15, -0.1) is 13.2 Å². The van der Waals surface area contributed by atoms with Gasteiger partial charge < -0.3 is 10.5 Å². The van der Waals surface area contributed by atoms with Gasteiger partial charge in [0.2, 0.25) is 0 Å². The highest BCUT2D eigenvalue weighted by molar-refractivity contribution is 9.10. The summed E-state index contributed by atoms with van der Waals surface area (Å²) in [5.41, 5.74) is 6.43. The van der Waals surface area contributed by atoms with E-state index < -0.39 is 6.36 Å². The first-order chi connectivity index (χ1) is 9.35. The van der Waals surface area contributed by atoms with E-state index in [9.17, 15) is 13.2 Å². The Balaban J connectivity index is 2.14. The molecule has 110 valence electrons. The summed E-state index contributed by atoms with van der Waals surface area (Å²) in [5, 5.41) is 0. The van der Waals surface area contributed by atoms with Crippen LogP contribution >= 0.6 is 15.9 Å². The molecule has 0 amide bonds. The van der Waals surface area contributed by atoms with Gasteiger partial charge in [0.25, 0.3) is 0 Å². The number of hydrogen-bond donors (Lipinski definition) is 1. The summed E-state index contributed by atoms with van der Waals surface area (Å²) in [4.78, 5) is 4.27. The van der Waals surface area contributed by atoms with Gasteiger partial charge in [-0.25, -0.2) is 4.99 Å². The predicted molar refractivity (Wildman–Crippen MR) is 74.1 cm³/mol. The van der Waals surface area contributed by atoms with E-state index in [-0.39, 0.29) is 16.1 Å². The van der Waals surface area contributed by atoms with E-state index in [0.29, 0.717) is 11.5 Å². The van der Waals surface area contributed by atoms with Crippen LogP contribution in [0.15, 0.2) is 27.7 Å². The van der Waals surface area contributed by atoms with E-state index in [1.165, 1.54) is 18.2 Å². The summed E-state index contributed by atoms with van der Waals surface area (Å²) in [7, 11) is 0. The fourth-order valence-electron chi connectivity index (χ4n) is 2.23. The lowest BCUT2D eigenvalue weighted by atomic mass is 10.1. The molecule has 1 fully saturated rings. The standard InChI is InChI=1S/C13H14BrF3N2O/c14-10-7-9(5-6-11(10)20-13(15,16)17)19-12(18)8-3-1-2-4-8/h5-8H,1-4H2,(H2,18,19). The van der Waals surface area contributed by atoms with E-state index in [0.717, 1.165) is 25.7 Å². The van der Waals surface area contributed by atoms with Crippen LogP contribution in [-0.4, -0.2) is 12.2 Å². The minimum atomic E-state index is -4.71. The topological polar surface area (TPSA) is 47.6 Å². The van der Waals surface area contributed by atoms with E-state index >= 15 is 0 Å². The third kappa shape index (κ3) is 4.13. The van der Waals surface area contributed by atoms with Gasteiger partial charge >= 0.3 is 6.36 Å². The average molecular weight is 351 g/mol. The molecule has 1 aliphatic carbocycles. The Bertz CT molecular complexity index is 511. The number of alkyl halides is 3. The van der Waals surface area contributed by atoms with Gasteiger partial charge in [0, 0.05) is 5.92 Å². The van der Waals surface area contributed by atoms with Crippen molar-refractivity contribution in [2.75, 3.05) is 0 Å². The van der Waals surface area contributed by atoms with Gasteiger partial charge in [-0.1, -0.05) is 12.8 Å². The molecule has 0 aliphatic heterocycles. The van der Waals surface area contributed by atoms with Crippen LogP contribution in [0, 0.1) is 5.92 Å². The van der Waals surface area contributed by atoms with Crippen LogP contribution in [0.3, 0.4) is 0 Å². The fourth-order valence-corrected chi connectivity index (χ4v) is 2.68. The smallest absolute Gasteiger partial charge is 0.405 e. The molecule has 2 rings (SSSR count). The van der Waals surface area contributed by atoms with Crippen LogP contribution in [-0.2, 0) is 0 Å². The minimum Gasteiger partial charge on any atom is -0.405 e. The number of benzene rings is 1. The molecule has 0 heterocycles. The number of ether oxygens (including phenoxy) is 1. The zero-order chi connectivity index (χ0) is 14.8. The molecule has 1 aromatic rings. The van der Waals surface area contributed by atoms with E-state index in [1.54, 1.807) is 0 Å². The largest absolute Gasteiger partial charge is 0.573 e. The second-order valence-electron chi connectivity index (χ2n) is 4.68. The van der Waals surface area contributed by atoms with Gasteiger partial charge in [0.05, 0.1) is 10.2 Å². The molecule has 1 aromatic carbocycles. The van der Waals surface area contributed by atoms with Crippen molar-refractivity contribution in [2.45, 2.75) is 32.0 Å². The zero-order valence-corrected chi connectivity index (χ0v) is 12.2. The first-order valence-corrected chi connectivity index (χ1v) is 7.04. The second-order valence-corrected chi connectivity index (χ2v) is 5.53. The zero-order valence-electron chi connectivity index (χ0n) is 10.6. The highest BCUT2D eigenvalue weighted by atomic mass is 79.9. The molecule has 20 heavy (non-hydrogen) atoms. The van der Waals surface area contributed by atoms with Crippen molar-refractivity contribution < 1.29 is 17.9 Å². The predicted octanol–water partition coefficient (Wildman–Crippen LogP) is 4.53.